The number of nitrogens with two attached hydrogens (primary N) is 1. The Kier molecular flexibility index (Phi) is 5.82. The van der Waals surface area contributed by atoms with Crippen LogP contribution >= 0.6 is 0 Å². The molecule has 0 aromatic heterocycles. The van der Waals surface area contributed by atoms with Crippen LogP contribution in [0.15, 0.2) is 30.3 Å². The zero-order chi connectivity index (χ0) is 13.5. The Morgan fingerprint density at radius 3 is 2.44 bits per heavy atom. The molecule has 0 heterocycles. The fourth-order valence-electron chi connectivity index (χ4n) is 1.66. The lowest BCUT2D eigenvalue weighted by molar-refractivity contribution is -0.124. The molecule has 0 saturated carbocycles. The molecule has 0 aliphatic heterocycles. The monoisotopic (exact) mass is 250 g/mol. The molecule has 1 rings (SSSR count). The number of nitrogens with one attached hydrogen (secondary N) is 1. The molecule has 4 N–H and O–H groups in total. The highest BCUT2D eigenvalue weighted by Crippen LogP contribution is 2.04. The predicted octanol–water partition coefficient (Wildman–Crippen LogP) is 0.690. The zero-order valence-corrected chi connectivity index (χ0v) is 11.0. The van der Waals surface area contributed by atoms with E-state index >= 15 is 0 Å². The molecule has 0 aliphatic carbocycles. The molecule has 2 atom stereocenters. The lowest BCUT2D eigenvalue weighted by Crippen LogP contribution is -2.49. The smallest absolute Gasteiger partial charge is 0.237 e. The molecule has 0 fully saturated rings. The molecular weight excluding hydrogens is 228 g/mol. The summed E-state index contributed by atoms with van der Waals surface area (Å²) >= 11 is 0. The molecule has 0 aliphatic rings. The summed E-state index contributed by atoms with van der Waals surface area (Å²) in [5.74, 6) is -0.124. The standard InChI is InChI=1S/C14H22N2O2/c1-10(2)13(15)14(18)16-12(9-17)8-11-6-4-3-5-7-11/h3-7,10,12-13,17H,8-9,15H2,1-2H3,(H,16,18)/t12-,13+/m0/s1. The number of aliphatic hydroxyl groups is 1. The summed E-state index contributed by atoms with van der Waals surface area (Å²) in [6.45, 7) is 3.70. The van der Waals surface area contributed by atoms with Crippen molar-refractivity contribution in [1.82, 2.24) is 5.32 Å². The molecule has 0 unspecified atom stereocenters. The summed E-state index contributed by atoms with van der Waals surface area (Å²) in [4.78, 5) is 11.8. The Morgan fingerprint density at radius 2 is 1.94 bits per heavy atom. The molecule has 4 nitrogen and oxygen atoms in total. The molecule has 18 heavy (non-hydrogen) atoms. The number of benzene rings is 1. The SMILES string of the molecule is CC(C)[C@@H](N)C(=O)N[C@H](CO)Cc1ccccc1. The van der Waals surface area contributed by atoms with Gasteiger partial charge in [0.1, 0.15) is 0 Å². The molecule has 0 spiro atoms. The summed E-state index contributed by atoms with van der Waals surface area (Å²) in [6.07, 6.45) is 0.605. The second-order valence-electron chi connectivity index (χ2n) is 4.85. The fourth-order valence-corrected chi connectivity index (χ4v) is 1.66. The van der Waals surface area contributed by atoms with Crippen molar-refractivity contribution in [3.05, 3.63) is 35.9 Å². The van der Waals surface area contributed by atoms with Gasteiger partial charge in [0, 0.05) is 0 Å². The van der Waals surface area contributed by atoms with Gasteiger partial charge in [-0.15, -0.1) is 0 Å². The number of carbonyl (C=O) groups excluding carboxylic acids is 1. The molecule has 1 amide bonds. The third-order valence-corrected chi connectivity index (χ3v) is 2.91. The molecular formula is C14H22N2O2. The number of amides is 1. The van der Waals surface area contributed by atoms with Crippen LogP contribution in [0.25, 0.3) is 0 Å². The van der Waals surface area contributed by atoms with Crippen molar-refractivity contribution in [2.24, 2.45) is 11.7 Å². The predicted molar refractivity (Wildman–Crippen MR) is 72.0 cm³/mol. The van der Waals surface area contributed by atoms with Crippen LogP contribution < -0.4 is 11.1 Å². The quantitative estimate of drug-likeness (QED) is 0.695. The van der Waals surface area contributed by atoms with E-state index in [0.717, 1.165) is 5.56 Å². The number of carbonyl (C=O) groups is 1. The van der Waals surface area contributed by atoms with Gasteiger partial charge in [0.25, 0.3) is 0 Å². The van der Waals surface area contributed by atoms with E-state index in [-0.39, 0.29) is 24.5 Å². The summed E-state index contributed by atoms with van der Waals surface area (Å²) in [6, 6.07) is 8.93. The topological polar surface area (TPSA) is 75.4 Å². The van der Waals surface area contributed by atoms with E-state index in [2.05, 4.69) is 5.32 Å². The van der Waals surface area contributed by atoms with Gasteiger partial charge in [0.15, 0.2) is 0 Å². The fraction of sp³-hybridized carbons (Fsp3) is 0.500. The Bertz CT molecular complexity index is 365. The Balaban J connectivity index is 2.55. The van der Waals surface area contributed by atoms with Crippen LogP contribution in [0, 0.1) is 5.92 Å². The van der Waals surface area contributed by atoms with Crippen molar-refractivity contribution in [3.63, 3.8) is 0 Å². The molecule has 0 saturated heterocycles. The normalized spacial score (nSPS) is 14.3. The number of rotatable bonds is 6. The Morgan fingerprint density at radius 1 is 1.33 bits per heavy atom. The molecule has 1 aromatic carbocycles. The van der Waals surface area contributed by atoms with Gasteiger partial charge < -0.3 is 16.2 Å². The number of hydrogen-bond acceptors (Lipinski definition) is 3. The van der Waals surface area contributed by atoms with E-state index in [1.165, 1.54) is 0 Å². The first kappa shape index (κ1) is 14.7. The van der Waals surface area contributed by atoms with Crippen molar-refractivity contribution in [3.8, 4) is 0 Å². The number of aliphatic hydroxyl groups excluding tert-OH is 1. The van der Waals surface area contributed by atoms with E-state index in [9.17, 15) is 9.90 Å². The van der Waals surface area contributed by atoms with Crippen LogP contribution in [-0.4, -0.2) is 29.7 Å². The second-order valence-corrected chi connectivity index (χ2v) is 4.85. The van der Waals surface area contributed by atoms with Crippen molar-refractivity contribution in [2.45, 2.75) is 32.4 Å². The van der Waals surface area contributed by atoms with Gasteiger partial charge in [-0.25, -0.2) is 0 Å². The van der Waals surface area contributed by atoms with Crippen molar-refractivity contribution >= 4 is 5.91 Å². The van der Waals surface area contributed by atoms with E-state index < -0.39 is 6.04 Å². The third-order valence-electron chi connectivity index (χ3n) is 2.91. The van der Waals surface area contributed by atoms with E-state index in [1.54, 1.807) is 0 Å². The van der Waals surface area contributed by atoms with Crippen LogP contribution in [0.5, 0.6) is 0 Å². The maximum Gasteiger partial charge on any atom is 0.237 e. The highest BCUT2D eigenvalue weighted by Gasteiger charge is 2.20. The van der Waals surface area contributed by atoms with Crippen molar-refractivity contribution < 1.29 is 9.90 Å². The minimum atomic E-state index is -0.533. The Labute approximate surface area is 108 Å². The lowest BCUT2D eigenvalue weighted by Gasteiger charge is -2.21. The van der Waals surface area contributed by atoms with E-state index in [4.69, 9.17) is 5.73 Å². The summed E-state index contributed by atoms with van der Waals surface area (Å²) in [5.41, 5.74) is 6.84. The Hall–Kier alpha value is -1.39. The molecule has 0 bridgehead atoms. The minimum Gasteiger partial charge on any atom is -0.394 e. The van der Waals surface area contributed by atoms with Gasteiger partial charge in [0.2, 0.25) is 5.91 Å². The average molecular weight is 250 g/mol. The summed E-state index contributed by atoms with van der Waals surface area (Å²) in [7, 11) is 0. The van der Waals surface area contributed by atoms with Crippen LogP contribution in [0.1, 0.15) is 19.4 Å². The van der Waals surface area contributed by atoms with Gasteiger partial charge >= 0.3 is 0 Å². The third kappa shape index (κ3) is 4.47. The first-order valence-corrected chi connectivity index (χ1v) is 6.25. The first-order valence-electron chi connectivity index (χ1n) is 6.25. The van der Waals surface area contributed by atoms with Gasteiger partial charge in [-0.1, -0.05) is 44.2 Å². The van der Waals surface area contributed by atoms with Crippen LogP contribution in [0.3, 0.4) is 0 Å². The van der Waals surface area contributed by atoms with Gasteiger partial charge in [-0.2, -0.15) is 0 Å². The molecule has 100 valence electrons. The van der Waals surface area contributed by atoms with Gasteiger partial charge in [-0.3, -0.25) is 4.79 Å². The van der Waals surface area contributed by atoms with Crippen molar-refractivity contribution in [1.29, 1.82) is 0 Å². The van der Waals surface area contributed by atoms with Crippen LogP contribution in [-0.2, 0) is 11.2 Å². The summed E-state index contributed by atoms with van der Waals surface area (Å²) < 4.78 is 0. The molecule has 0 radical (unpaired) electrons. The molecule has 1 aromatic rings. The van der Waals surface area contributed by atoms with E-state index in [0.29, 0.717) is 6.42 Å². The number of hydrogen-bond donors (Lipinski definition) is 3. The highest BCUT2D eigenvalue weighted by atomic mass is 16.3. The van der Waals surface area contributed by atoms with Crippen LogP contribution in [0.2, 0.25) is 0 Å². The molecule has 4 heteroatoms. The first-order chi connectivity index (χ1) is 8.54. The average Bonchev–Trinajstić information content (AvgIpc) is 2.37. The van der Waals surface area contributed by atoms with Gasteiger partial charge in [-0.05, 0) is 17.9 Å². The zero-order valence-electron chi connectivity index (χ0n) is 11.0. The second kappa shape index (κ2) is 7.13. The largest absolute Gasteiger partial charge is 0.394 e. The maximum absolute atomic E-state index is 11.8. The van der Waals surface area contributed by atoms with Gasteiger partial charge in [0.05, 0.1) is 18.7 Å². The van der Waals surface area contributed by atoms with Crippen molar-refractivity contribution in [2.75, 3.05) is 6.61 Å². The lowest BCUT2D eigenvalue weighted by atomic mass is 10.0. The summed E-state index contributed by atoms with van der Waals surface area (Å²) in [5, 5.41) is 12.1. The van der Waals surface area contributed by atoms with E-state index in [1.807, 2.05) is 44.2 Å². The maximum atomic E-state index is 11.8. The highest BCUT2D eigenvalue weighted by molar-refractivity contribution is 5.82. The van der Waals surface area contributed by atoms with Crippen LogP contribution in [0.4, 0.5) is 0 Å². The minimum absolute atomic E-state index is 0.0843.